The molecule has 98 valence electrons. The summed E-state index contributed by atoms with van der Waals surface area (Å²) in [4.78, 5) is 0. The number of halogens is 3. The largest absolute Gasteiger partial charge is 0.390 e. The van der Waals surface area contributed by atoms with Gasteiger partial charge in [-0.1, -0.05) is 49.6 Å². The van der Waals surface area contributed by atoms with Gasteiger partial charge in [0.15, 0.2) is 0 Å². The second-order valence-corrected chi connectivity index (χ2v) is 4.21. The zero-order valence-corrected chi connectivity index (χ0v) is 10.4. The lowest BCUT2D eigenvalue weighted by Gasteiger charge is -2.13. The Hall–Kier alpha value is -1.43. The van der Waals surface area contributed by atoms with Crippen molar-refractivity contribution in [2.75, 3.05) is 0 Å². The predicted octanol–water partition coefficient (Wildman–Crippen LogP) is 4.92. The number of hydrogen-bond acceptors (Lipinski definition) is 0. The van der Waals surface area contributed by atoms with Crippen LogP contribution in [0.1, 0.15) is 44.1 Å². The van der Waals surface area contributed by atoms with Gasteiger partial charge in [0.1, 0.15) is 0 Å². The highest BCUT2D eigenvalue weighted by molar-refractivity contribution is 5.28. The van der Waals surface area contributed by atoms with Gasteiger partial charge in [0.2, 0.25) is 0 Å². The fourth-order valence-electron chi connectivity index (χ4n) is 1.63. The highest BCUT2D eigenvalue weighted by Crippen LogP contribution is 2.30. The van der Waals surface area contributed by atoms with Crippen LogP contribution in [0.15, 0.2) is 30.3 Å². The van der Waals surface area contributed by atoms with Crippen LogP contribution in [0.3, 0.4) is 0 Å². The zero-order valence-electron chi connectivity index (χ0n) is 10.4. The first kappa shape index (κ1) is 14.6. The van der Waals surface area contributed by atoms with Crippen LogP contribution in [-0.2, 0) is 0 Å². The summed E-state index contributed by atoms with van der Waals surface area (Å²) in [5, 5.41) is 0. The predicted molar refractivity (Wildman–Crippen MR) is 67.2 cm³/mol. The third-order valence-corrected chi connectivity index (χ3v) is 2.57. The maximum absolute atomic E-state index is 12.5. The smallest absolute Gasteiger partial charge is 0.171 e. The highest BCUT2D eigenvalue weighted by Gasteiger charge is 2.31. The molecule has 3 heteroatoms. The summed E-state index contributed by atoms with van der Waals surface area (Å²) in [5.74, 6) is 4.87. The lowest BCUT2D eigenvalue weighted by Crippen LogP contribution is -2.13. The van der Waals surface area contributed by atoms with E-state index in [1.54, 1.807) is 30.3 Å². The van der Waals surface area contributed by atoms with Gasteiger partial charge in [0.05, 0.1) is 12.3 Å². The van der Waals surface area contributed by atoms with Crippen molar-refractivity contribution in [1.29, 1.82) is 0 Å². The van der Waals surface area contributed by atoms with E-state index in [-0.39, 0.29) is 0 Å². The van der Waals surface area contributed by atoms with Gasteiger partial charge in [-0.3, -0.25) is 0 Å². The molecule has 0 fully saturated rings. The van der Waals surface area contributed by atoms with E-state index in [0.717, 1.165) is 12.8 Å². The minimum atomic E-state index is -4.18. The molecule has 0 radical (unpaired) electrons. The first-order valence-electron chi connectivity index (χ1n) is 6.13. The molecule has 0 N–H and O–H groups in total. The molecule has 0 bridgehead atoms. The van der Waals surface area contributed by atoms with Gasteiger partial charge >= 0.3 is 6.18 Å². The quantitative estimate of drug-likeness (QED) is 0.528. The lowest BCUT2D eigenvalue weighted by molar-refractivity contribution is -0.136. The van der Waals surface area contributed by atoms with Crippen molar-refractivity contribution < 1.29 is 13.2 Å². The van der Waals surface area contributed by atoms with Crippen LogP contribution in [0.4, 0.5) is 13.2 Å². The van der Waals surface area contributed by atoms with Crippen LogP contribution in [0.5, 0.6) is 0 Å². The van der Waals surface area contributed by atoms with E-state index >= 15 is 0 Å². The topological polar surface area (TPSA) is 0 Å². The number of hydrogen-bond donors (Lipinski definition) is 0. The highest BCUT2D eigenvalue weighted by atomic mass is 19.4. The Balaban J connectivity index is 2.78. The van der Waals surface area contributed by atoms with Crippen LogP contribution in [0.25, 0.3) is 0 Å². The Bertz CT molecular complexity index is 395. The Morgan fingerprint density at radius 3 is 2.39 bits per heavy atom. The normalized spacial score (nSPS) is 12.7. The van der Waals surface area contributed by atoms with Gasteiger partial charge < -0.3 is 0 Å². The van der Waals surface area contributed by atoms with Gasteiger partial charge in [-0.25, -0.2) is 0 Å². The van der Waals surface area contributed by atoms with Gasteiger partial charge in [0, 0.05) is 6.42 Å². The average molecular weight is 254 g/mol. The molecule has 0 saturated heterocycles. The fourth-order valence-corrected chi connectivity index (χ4v) is 1.63. The monoisotopic (exact) mass is 254 g/mol. The summed E-state index contributed by atoms with van der Waals surface area (Å²) in [6.07, 6.45) is -2.46. The Morgan fingerprint density at radius 2 is 1.83 bits per heavy atom. The molecular formula is C15H17F3. The third-order valence-electron chi connectivity index (χ3n) is 2.57. The third kappa shape index (κ3) is 5.77. The van der Waals surface area contributed by atoms with Gasteiger partial charge in [-0.05, 0) is 12.0 Å². The van der Waals surface area contributed by atoms with E-state index in [9.17, 15) is 13.2 Å². The fraction of sp³-hybridized carbons (Fsp3) is 0.467. The van der Waals surface area contributed by atoms with Crippen molar-refractivity contribution in [2.24, 2.45) is 0 Å². The minimum Gasteiger partial charge on any atom is -0.171 e. The van der Waals surface area contributed by atoms with E-state index < -0.39 is 18.5 Å². The molecule has 0 heterocycles. The van der Waals surface area contributed by atoms with Crippen LogP contribution >= 0.6 is 0 Å². The molecule has 0 spiro atoms. The Morgan fingerprint density at radius 1 is 1.17 bits per heavy atom. The molecule has 0 aliphatic carbocycles. The zero-order chi connectivity index (χ0) is 13.4. The van der Waals surface area contributed by atoms with Gasteiger partial charge in [-0.15, -0.1) is 5.92 Å². The molecule has 0 amide bonds. The first-order chi connectivity index (χ1) is 8.53. The van der Waals surface area contributed by atoms with Gasteiger partial charge in [0.25, 0.3) is 0 Å². The average Bonchev–Trinajstić information content (AvgIpc) is 2.33. The van der Waals surface area contributed by atoms with Crippen LogP contribution < -0.4 is 0 Å². The number of benzene rings is 1. The molecule has 18 heavy (non-hydrogen) atoms. The number of unbranched alkanes of at least 4 members (excludes halogenated alkanes) is 2. The molecule has 0 saturated carbocycles. The molecule has 1 aromatic rings. The summed E-state index contributed by atoms with van der Waals surface area (Å²) in [6, 6.07) is 8.67. The molecule has 0 aliphatic rings. The maximum atomic E-state index is 12.5. The molecule has 0 aliphatic heterocycles. The summed E-state index contributed by atoms with van der Waals surface area (Å²) >= 11 is 0. The van der Waals surface area contributed by atoms with Gasteiger partial charge in [-0.2, -0.15) is 13.2 Å². The Labute approximate surface area is 106 Å². The van der Waals surface area contributed by atoms with E-state index in [0.29, 0.717) is 12.0 Å². The lowest BCUT2D eigenvalue weighted by atomic mass is 9.96. The van der Waals surface area contributed by atoms with E-state index in [1.165, 1.54) is 0 Å². The van der Waals surface area contributed by atoms with Crippen LogP contribution in [0, 0.1) is 11.8 Å². The molecule has 1 rings (SSSR count). The summed E-state index contributed by atoms with van der Waals surface area (Å²) in [5.41, 5.74) is 0.638. The maximum Gasteiger partial charge on any atom is 0.390 e. The second kappa shape index (κ2) is 7.10. The molecule has 1 atom stereocenters. The standard InChI is InChI=1S/C15H17F3/c1-2-3-4-6-11-14(12-15(16,17)18)13-9-7-5-8-10-13/h5,7-10,14H,2-4,12H2,1H3/t14-/m1/s1. The summed E-state index contributed by atoms with van der Waals surface area (Å²) in [6.45, 7) is 2.03. The van der Waals surface area contributed by atoms with Crippen molar-refractivity contribution in [2.45, 2.75) is 44.7 Å². The van der Waals surface area contributed by atoms with Crippen molar-refractivity contribution in [3.8, 4) is 11.8 Å². The van der Waals surface area contributed by atoms with Crippen LogP contribution in [0.2, 0.25) is 0 Å². The molecule has 0 unspecified atom stereocenters. The van der Waals surface area contributed by atoms with E-state index in [1.807, 2.05) is 6.92 Å². The molecule has 0 nitrogen and oxygen atoms in total. The molecule has 0 aromatic heterocycles. The van der Waals surface area contributed by atoms with Crippen LogP contribution in [-0.4, -0.2) is 6.18 Å². The molecular weight excluding hydrogens is 237 g/mol. The minimum absolute atomic E-state index is 0.638. The summed E-state index contributed by atoms with van der Waals surface area (Å²) in [7, 11) is 0. The van der Waals surface area contributed by atoms with E-state index in [4.69, 9.17) is 0 Å². The second-order valence-electron chi connectivity index (χ2n) is 4.21. The first-order valence-corrected chi connectivity index (χ1v) is 6.13. The van der Waals surface area contributed by atoms with Crippen molar-refractivity contribution in [3.05, 3.63) is 35.9 Å². The summed E-state index contributed by atoms with van der Waals surface area (Å²) < 4.78 is 37.5. The van der Waals surface area contributed by atoms with Crippen molar-refractivity contribution >= 4 is 0 Å². The molecule has 1 aromatic carbocycles. The van der Waals surface area contributed by atoms with Crippen molar-refractivity contribution in [3.63, 3.8) is 0 Å². The van der Waals surface area contributed by atoms with E-state index in [2.05, 4.69) is 11.8 Å². The number of alkyl halides is 3. The number of rotatable bonds is 4. The SMILES string of the molecule is CCCCC#C[C@H](CC(F)(F)F)c1ccccc1. The Kier molecular flexibility index (Phi) is 5.77. The van der Waals surface area contributed by atoms with Crippen molar-refractivity contribution in [1.82, 2.24) is 0 Å².